The number of methoxy groups -OCH3 is 4. The SMILES string of the molecule is COc1ccc(-c2c(C(=O)OC(C)(C)C)cc(OC(C)=O)c3cc(OC)c(OC)cc23)cc1OC. The predicted octanol–water partition coefficient (Wildman–Crippen LogP) is 5.42. The van der Waals surface area contributed by atoms with Crippen molar-refractivity contribution in [3.8, 4) is 39.9 Å². The largest absolute Gasteiger partial charge is 0.493 e. The van der Waals surface area contributed by atoms with Crippen LogP contribution in [-0.2, 0) is 9.53 Å². The fourth-order valence-corrected chi connectivity index (χ4v) is 3.75. The molecule has 0 saturated carbocycles. The molecule has 0 aliphatic rings. The van der Waals surface area contributed by atoms with E-state index in [9.17, 15) is 9.59 Å². The van der Waals surface area contributed by atoms with Crippen LogP contribution in [0.3, 0.4) is 0 Å². The maximum absolute atomic E-state index is 13.4. The number of fused-ring (bicyclic) bond motifs is 1. The van der Waals surface area contributed by atoms with Gasteiger partial charge in [-0.05, 0) is 62.1 Å². The van der Waals surface area contributed by atoms with Crippen LogP contribution in [0, 0.1) is 0 Å². The molecule has 3 rings (SSSR count). The van der Waals surface area contributed by atoms with Crippen LogP contribution in [0.15, 0.2) is 36.4 Å². The Kier molecular flexibility index (Phi) is 7.43. The van der Waals surface area contributed by atoms with E-state index in [1.165, 1.54) is 34.3 Å². The topological polar surface area (TPSA) is 89.5 Å². The first-order valence-corrected chi connectivity index (χ1v) is 10.9. The Morgan fingerprint density at radius 1 is 0.686 bits per heavy atom. The molecule has 0 saturated heterocycles. The Morgan fingerprint density at radius 2 is 1.23 bits per heavy atom. The zero-order valence-corrected chi connectivity index (χ0v) is 21.2. The molecule has 0 amide bonds. The lowest BCUT2D eigenvalue weighted by molar-refractivity contribution is -0.131. The van der Waals surface area contributed by atoms with E-state index in [2.05, 4.69) is 0 Å². The second-order valence-electron chi connectivity index (χ2n) is 8.72. The first kappa shape index (κ1) is 25.7. The minimum absolute atomic E-state index is 0.193. The summed E-state index contributed by atoms with van der Waals surface area (Å²) in [6, 6.07) is 10.3. The standard InChI is InChI=1S/C27H30O8/c1-15(28)34-21-14-19(26(29)35-27(2,3)4)25(16-9-10-20(30-5)22(11-16)31-6)18-13-24(33-8)23(32-7)12-17(18)21/h9-14H,1-8H3. The van der Waals surface area contributed by atoms with E-state index in [1.807, 2.05) is 6.07 Å². The molecule has 8 heteroatoms. The number of rotatable bonds is 7. The molecule has 0 atom stereocenters. The molecule has 0 spiro atoms. The summed E-state index contributed by atoms with van der Waals surface area (Å²) in [5.41, 5.74) is 0.672. The highest BCUT2D eigenvalue weighted by molar-refractivity contribution is 6.11. The molecular formula is C27H30O8. The van der Waals surface area contributed by atoms with E-state index in [0.717, 1.165) is 0 Å². The van der Waals surface area contributed by atoms with E-state index in [1.54, 1.807) is 52.1 Å². The van der Waals surface area contributed by atoms with Gasteiger partial charge >= 0.3 is 11.9 Å². The molecule has 0 bridgehead atoms. The number of hydrogen-bond donors (Lipinski definition) is 0. The second kappa shape index (κ2) is 10.1. The smallest absolute Gasteiger partial charge is 0.339 e. The van der Waals surface area contributed by atoms with Crippen molar-refractivity contribution in [2.24, 2.45) is 0 Å². The average molecular weight is 483 g/mol. The molecule has 0 aliphatic heterocycles. The third kappa shape index (κ3) is 5.42. The van der Waals surface area contributed by atoms with Gasteiger partial charge in [0.2, 0.25) is 0 Å². The van der Waals surface area contributed by atoms with Gasteiger partial charge in [0.05, 0.1) is 34.0 Å². The molecule has 0 N–H and O–H groups in total. The van der Waals surface area contributed by atoms with E-state index in [4.69, 9.17) is 28.4 Å². The summed E-state index contributed by atoms with van der Waals surface area (Å²) in [6.45, 7) is 6.64. The van der Waals surface area contributed by atoms with Gasteiger partial charge in [0.25, 0.3) is 0 Å². The Balaban J connectivity index is 2.48. The molecular weight excluding hydrogens is 452 g/mol. The number of carbonyl (C=O) groups excluding carboxylic acids is 2. The lowest BCUT2D eigenvalue weighted by Gasteiger charge is -2.23. The van der Waals surface area contributed by atoms with Gasteiger partial charge in [-0.1, -0.05) is 6.07 Å². The van der Waals surface area contributed by atoms with Gasteiger partial charge in [-0.15, -0.1) is 0 Å². The molecule has 8 nitrogen and oxygen atoms in total. The van der Waals surface area contributed by atoms with Gasteiger partial charge in [0.1, 0.15) is 11.4 Å². The number of carbonyl (C=O) groups is 2. The molecule has 35 heavy (non-hydrogen) atoms. The van der Waals surface area contributed by atoms with Gasteiger partial charge in [-0.25, -0.2) is 4.79 Å². The second-order valence-corrected chi connectivity index (χ2v) is 8.72. The van der Waals surface area contributed by atoms with Gasteiger partial charge < -0.3 is 28.4 Å². The third-order valence-corrected chi connectivity index (χ3v) is 5.15. The quantitative estimate of drug-likeness (QED) is 0.326. The molecule has 0 heterocycles. The molecule has 0 aliphatic carbocycles. The predicted molar refractivity (Wildman–Crippen MR) is 132 cm³/mol. The van der Waals surface area contributed by atoms with Crippen LogP contribution in [0.1, 0.15) is 38.1 Å². The summed E-state index contributed by atoms with van der Waals surface area (Å²) in [6.07, 6.45) is 0. The average Bonchev–Trinajstić information content (AvgIpc) is 2.81. The van der Waals surface area contributed by atoms with Crippen molar-refractivity contribution < 1.29 is 38.0 Å². The highest BCUT2D eigenvalue weighted by atomic mass is 16.6. The summed E-state index contributed by atoms with van der Waals surface area (Å²) >= 11 is 0. The maximum atomic E-state index is 13.4. The summed E-state index contributed by atoms with van der Waals surface area (Å²) < 4.78 is 33.1. The molecule has 0 aromatic heterocycles. The fourth-order valence-electron chi connectivity index (χ4n) is 3.75. The number of ether oxygens (including phenoxy) is 6. The molecule has 186 valence electrons. The van der Waals surface area contributed by atoms with Crippen molar-refractivity contribution in [1.82, 2.24) is 0 Å². The van der Waals surface area contributed by atoms with Crippen LogP contribution >= 0.6 is 0 Å². The Labute approximate surface area is 204 Å². The molecule has 3 aromatic carbocycles. The van der Waals surface area contributed by atoms with Crippen molar-refractivity contribution in [3.05, 3.63) is 42.0 Å². The normalized spacial score (nSPS) is 11.1. The van der Waals surface area contributed by atoms with Crippen LogP contribution in [0.4, 0.5) is 0 Å². The van der Waals surface area contributed by atoms with Crippen molar-refractivity contribution in [2.45, 2.75) is 33.3 Å². The van der Waals surface area contributed by atoms with Gasteiger partial charge in [0, 0.05) is 17.9 Å². The van der Waals surface area contributed by atoms with Gasteiger partial charge in [-0.2, -0.15) is 0 Å². The first-order valence-electron chi connectivity index (χ1n) is 10.9. The number of esters is 2. The Bertz CT molecular complexity index is 1270. The van der Waals surface area contributed by atoms with Crippen LogP contribution in [0.25, 0.3) is 21.9 Å². The van der Waals surface area contributed by atoms with Crippen LogP contribution < -0.4 is 23.7 Å². The van der Waals surface area contributed by atoms with E-state index in [0.29, 0.717) is 44.9 Å². The highest BCUT2D eigenvalue weighted by Gasteiger charge is 2.26. The lowest BCUT2D eigenvalue weighted by Crippen LogP contribution is -2.24. The van der Waals surface area contributed by atoms with Crippen molar-refractivity contribution in [3.63, 3.8) is 0 Å². The summed E-state index contributed by atoms with van der Waals surface area (Å²) in [4.78, 5) is 25.3. The Hall–Kier alpha value is -3.94. The van der Waals surface area contributed by atoms with E-state index in [-0.39, 0.29) is 11.3 Å². The third-order valence-electron chi connectivity index (χ3n) is 5.15. The monoisotopic (exact) mass is 482 g/mol. The maximum Gasteiger partial charge on any atom is 0.339 e. The fraction of sp³-hybridized carbons (Fsp3) is 0.333. The summed E-state index contributed by atoms with van der Waals surface area (Å²) in [5, 5.41) is 1.14. The zero-order valence-electron chi connectivity index (χ0n) is 21.2. The molecule has 0 unspecified atom stereocenters. The highest BCUT2D eigenvalue weighted by Crippen LogP contribution is 2.45. The summed E-state index contributed by atoms with van der Waals surface area (Å²) in [5.74, 6) is 0.988. The lowest BCUT2D eigenvalue weighted by atomic mass is 9.91. The minimum Gasteiger partial charge on any atom is -0.493 e. The van der Waals surface area contributed by atoms with Gasteiger partial charge in [0.15, 0.2) is 23.0 Å². The minimum atomic E-state index is -0.750. The summed E-state index contributed by atoms with van der Waals surface area (Å²) in [7, 11) is 6.11. The number of hydrogen-bond acceptors (Lipinski definition) is 8. The van der Waals surface area contributed by atoms with Crippen LogP contribution in [0.5, 0.6) is 28.7 Å². The van der Waals surface area contributed by atoms with Crippen molar-refractivity contribution >= 4 is 22.7 Å². The first-order chi connectivity index (χ1) is 16.5. The van der Waals surface area contributed by atoms with E-state index >= 15 is 0 Å². The molecule has 3 aromatic rings. The van der Waals surface area contributed by atoms with Crippen molar-refractivity contribution in [1.29, 1.82) is 0 Å². The van der Waals surface area contributed by atoms with Crippen LogP contribution in [-0.4, -0.2) is 46.0 Å². The van der Waals surface area contributed by atoms with Gasteiger partial charge in [-0.3, -0.25) is 4.79 Å². The molecule has 0 radical (unpaired) electrons. The Morgan fingerprint density at radius 3 is 1.74 bits per heavy atom. The van der Waals surface area contributed by atoms with E-state index < -0.39 is 17.5 Å². The number of benzene rings is 3. The zero-order chi connectivity index (χ0) is 25.9. The van der Waals surface area contributed by atoms with Crippen LogP contribution in [0.2, 0.25) is 0 Å². The molecule has 0 fully saturated rings. The van der Waals surface area contributed by atoms with Crippen molar-refractivity contribution in [2.75, 3.05) is 28.4 Å².